The predicted molar refractivity (Wildman–Crippen MR) is 114 cm³/mol. The third kappa shape index (κ3) is 5.42. The molecule has 2 aromatic rings. The Kier molecular flexibility index (Phi) is 6.39. The highest BCUT2D eigenvalue weighted by Gasteiger charge is 2.39. The van der Waals surface area contributed by atoms with Crippen LogP contribution in [0.15, 0.2) is 29.9 Å². The van der Waals surface area contributed by atoms with Gasteiger partial charge >= 0.3 is 0 Å². The van der Waals surface area contributed by atoms with E-state index in [2.05, 4.69) is 16.4 Å². The zero-order valence-electron chi connectivity index (χ0n) is 17.4. The second-order valence-electron chi connectivity index (χ2n) is 8.92. The normalized spacial score (nSPS) is 19.4. The predicted octanol–water partition coefficient (Wildman–Crippen LogP) is 3.13. The van der Waals surface area contributed by atoms with Crippen molar-refractivity contribution in [1.82, 2.24) is 15.2 Å². The Morgan fingerprint density at radius 2 is 2.10 bits per heavy atom. The maximum atomic E-state index is 12.8. The van der Waals surface area contributed by atoms with Crippen LogP contribution in [0.3, 0.4) is 0 Å². The van der Waals surface area contributed by atoms with Crippen LogP contribution in [0.2, 0.25) is 0 Å². The van der Waals surface area contributed by atoms with Gasteiger partial charge in [0.1, 0.15) is 6.04 Å². The van der Waals surface area contributed by atoms with Crippen LogP contribution in [-0.4, -0.2) is 45.5 Å². The number of aryl methyl sites for hydroxylation is 1. The summed E-state index contributed by atoms with van der Waals surface area (Å²) in [5.74, 6) is -0.299. The molecule has 6 nitrogen and oxygen atoms in total. The SMILES string of the molecule is Cc1cc(CNC(=O)[C@@H]2C[C@@H](O)CN2C(=O)CC(C)(C)C)ccc1-c1cncs1. The molecule has 1 fully saturated rings. The summed E-state index contributed by atoms with van der Waals surface area (Å²) in [5.41, 5.74) is 4.91. The van der Waals surface area contributed by atoms with Gasteiger partial charge in [-0.1, -0.05) is 39.0 Å². The van der Waals surface area contributed by atoms with E-state index in [0.717, 1.165) is 21.6 Å². The van der Waals surface area contributed by atoms with E-state index in [4.69, 9.17) is 0 Å². The molecule has 156 valence electrons. The van der Waals surface area contributed by atoms with Crippen molar-refractivity contribution >= 4 is 23.2 Å². The smallest absolute Gasteiger partial charge is 0.243 e. The van der Waals surface area contributed by atoms with Crippen LogP contribution in [0.25, 0.3) is 10.4 Å². The summed E-state index contributed by atoms with van der Waals surface area (Å²) in [5, 5.41) is 13.0. The van der Waals surface area contributed by atoms with Gasteiger partial charge in [0, 0.05) is 32.1 Å². The molecule has 1 aliphatic heterocycles. The molecular weight excluding hydrogens is 386 g/mol. The molecule has 1 aromatic carbocycles. The molecule has 2 atom stereocenters. The molecule has 0 unspecified atom stereocenters. The van der Waals surface area contributed by atoms with E-state index >= 15 is 0 Å². The molecule has 0 bridgehead atoms. The second-order valence-corrected chi connectivity index (χ2v) is 9.81. The van der Waals surface area contributed by atoms with Crippen molar-refractivity contribution in [1.29, 1.82) is 0 Å². The zero-order valence-corrected chi connectivity index (χ0v) is 18.3. The number of β-amino-alcohol motifs (C(OH)–C–C–N with tert-alkyl or cyclic N) is 1. The van der Waals surface area contributed by atoms with Crippen molar-refractivity contribution < 1.29 is 14.7 Å². The highest BCUT2D eigenvalue weighted by Crippen LogP contribution is 2.28. The van der Waals surface area contributed by atoms with Crippen molar-refractivity contribution in [2.45, 2.75) is 59.2 Å². The molecule has 1 aromatic heterocycles. The number of aromatic nitrogens is 1. The van der Waals surface area contributed by atoms with Crippen LogP contribution >= 0.6 is 11.3 Å². The molecule has 0 spiro atoms. The lowest BCUT2D eigenvalue weighted by molar-refractivity contribution is -0.140. The molecule has 7 heteroatoms. The van der Waals surface area contributed by atoms with E-state index in [-0.39, 0.29) is 30.2 Å². The van der Waals surface area contributed by atoms with Gasteiger partial charge in [-0.15, -0.1) is 11.3 Å². The van der Waals surface area contributed by atoms with Crippen LogP contribution in [0.5, 0.6) is 0 Å². The minimum absolute atomic E-state index is 0.0843. The van der Waals surface area contributed by atoms with Crippen molar-refractivity contribution in [2.75, 3.05) is 6.54 Å². The summed E-state index contributed by atoms with van der Waals surface area (Å²) in [6.07, 6.45) is 1.83. The van der Waals surface area contributed by atoms with Gasteiger partial charge in [0.2, 0.25) is 11.8 Å². The number of carbonyl (C=O) groups excluding carboxylic acids is 2. The summed E-state index contributed by atoms with van der Waals surface area (Å²) in [4.78, 5) is 32.2. The van der Waals surface area contributed by atoms with Crippen molar-refractivity contribution in [3.63, 3.8) is 0 Å². The van der Waals surface area contributed by atoms with Gasteiger partial charge in [-0.05, 0) is 29.0 Å². The van der Waals surface area contributed by atoms with E-state index < -0.39 is 12.1 Å². The maximum Gasteiger partial charge on any atom is 0.243 e. The van der Waals surface area contributed by atoms with Crippen LogP contribution < -0.4 is 5.32 Å². The Morgan fingerprint density at radius 1 is 1.34 bits per heavy atom. The third-order valence-electron chi connectivity index (χ3n) is 5.04. The Labute approximate surface area is 176 Å². The summed E-state index contributed by atoms with van der Waals surface area (Å²) in [6, 6.07) is 5.48. The number of benzene rings is 1. The van der Waals surface area contributed by atoms with E-state index in [1.165, 1.54) is 4.90 Å². The Morgan fingerprint density at radius 3 is 2.72 bits per heavy atom. The van der Waals surface area contributed by atoms with Crippen molar-refractivity contribution in [3.05, 3.63) is 41.0 Å². The lowest BCUT2D eigenvalue weighted by Gasteiger charge is -2.27. The van der Waals surface area contributed by atoms with E-state index in [0.29, 0.717) is 13.0 Å². The number of likely N-dealkylation sites (tertiary alicyclic amines) is 1. The van der Waals surface area contributed by atoms with Gasteiger partial charge < -0.3 is 15.3 Å². The van der Waals surface area contributed by atoms with Crippen molar-refractivity contribution in [2.24, 2.45) is 5.41 Å². The zero-order chi connectivity index (χ0) is 21.2. The first-order valence-corrected chi connectivity index (χ1v) is 10.8. The van der Waals surface area contributed by atoms with Gasteiger partial charge in [0.15, 0.2) is 0 Å². The summed E-state index contributed by atoms with van der Waals surface area (Å²) < 4.78 is 0. The minimum Gasteiger partial charge on any atom is -0.391 e. The maximum absolute atomic E-state index is 12.8. The standard InChI is InChI=1S/C22H29N3O3S/c1-14-7-15(5-6-17(14)19-11-23-13-29-19)10-24-21(28)18-8-16(26)12-25(18)20(27)9-22(2,3)4/h5-7,11,13,16,18,26H,8-10,12H2,1-4H3,(H,24,28)/t16-,18+/m1/s1. The topological polar surface area (TPSA) is 82.5 Å². The molecule has 0 saturated carbocycles. The van der Waals surface area contributed by atoms with Gasteiger partial charge in [0.05, 0.1) is 16.5 Å². The first-order valence-electron chi connectivity index (χ1n) is 9.88. The minimum atomic E-state index is -0.657. The van der Waals surface area contributed by atoms with E-state index in [1.54, 1.807) is 11.3 Å². The summed E-state index contributed by atoms with van der Waals surface area (Å²) in [6.45, 7) is 8.62. The Bertz CT molecular complexity index is 874. The highest BCUT2D eigenvalue weighted by molar-refractivity contribution is 7.13. The number of nitrogens with zero attached hydrogens (tertiary/aromatic N) is 2. The molecular formula is C22H29N3O3S. The average molecular weight is 416 g/mol. The molecule has 2 N–H and O–H groups in total. The number of amides is 2. The lowest BCUT2D eigenvalue weighted by atomic mass is 9.91. The molecule has 3 rings (SSSR count). The fourth-order valence-corrected chi connectivity index (χ4v) is 4.37. The van der Waals surface area contributed by atoms with Gasteiger partial charge in [-0.2, -0.15) is 0 Å². The number of carbonyl (C=O) groups is 2. The quantitative estimate of drug-likeness (QED) is 0.786. The fourth-order valence-electron chi connectivity index (χ4n) is 3.66. The number of nitrogens with one attached hydrogen (secondary N) is 1. The van der Waals surface area contributed by atoms with Crippen LogP contribution in [0.4, 0.5) is 0 Å². The fraction of sp³-hybridized carbons (Fsp3) is 0.500. The monoisotopic (exact) mass is 415 g/mol. The number of aliphatic hydroxyl groups excluding tert-OH is 1. The summed E-state index contributed by atoms with van der Waals surface area (Å²) in [7, 11) is 0. The van der Waals surface area contributed by atoms with E-state index in [1.807, 2.05) is 51.5 Å². The molecule has 1 aliphatic rings. The number of hydrogen-bond acceptors (Lipinski definition) is 5. The van der Waals surface area contributed by atoms with Crippen molar-refractivity contribution in [3.8, 4) is 10.4 Å². The van der Waals surface area contributed by atoms with Gasteiger partial charge in [0.25, 0.3) is 0 Å². The molecule has 1 saturated heterocycles. The summed E-state index contributed by atoms with van der Waals surface area (Å²) >= 11 is 1.60. The Balaban J connectivity index is 1.63. The third-order valence-corrected chi connectivity index (χ3v) is 5.85. The molecule has 0 radical (unpaired) electrons. The average Bonchev–Trinajstić information content (AvgIpc) is 3.28. The van der Waals surface area contributed by atoms with Gasteiger partial charge in [-0.3, -0.25) is 14.6 Å². The lowest BCUT2D eigenvalue weighted by Crippen LogP contribution is -2.46. The highest BCUT2D eigenvalue weighted by atomic mass is 32.1. The Hall–Kier alpha value is -2.25. The van der Waals surface area contributed by atoms with Crippen LogP contribution in [0.1, 0.15) is 44.7 Å². The molecule has 2 amide bonds. The largest absolute Gasteiger partial charge is 0.391 e. The number of aliphatic hydroxyl groups is 1. The second kappa shape index (κ2) is 8.63. The molecule has 2 heterocycles. The first-order chi connectivity index (χ1) is 13.6. The number of rotatable bonds is 5. The van der Waals surface area contributed by atoms with E-state index in [9.17, 15) is 14.7 Å². The number of thiazole rings is 1. The van der Waals surface area contributed by atoms with Crippen LogP contribution in [0, 0.1) is 12.3 Å². The van der Waals surface area contributed by atoms with Gasteiger partial charge in [-0.25, -0.2) is 0 Å². The first kappa shape index (κ1) is 21.5. The molecule has 29 heavy (non-hydrogen) atoms. The number of hydrogen-bond donors (Lipinski definition) is 2. The van der Waals surface area contributed by atoms with Crippen LogP contribution in [-0.2, 0) is 16.1 Å². The molecule has 0 aliphatic carbocycles.